The summed E-state index contributed by atoms with van der Waals surface area (Å²) in [4.78, 5) is 26.0. The van der Waals surface area contributed by atoms with E-state index in [1.807, 2.05) is 0 Å². The fraction of sp³-hybridized carbons (Fsp3) is 0.222. The monoisotopic (exact) mass is 397 g/mol. The number of rotatable bonds is 6. The molecule has 8 heteroatoms. The second kappa shape index (κ2) is 8.98. The van der Waals surface area contributed by atoms with Crippen LogP contribution in [0, 0.1) is 5.82 Å². The van der Waals surface area contributed by atoms with Gasteiger partial charge in [0.15, 0.2) is 0 Å². The van der Waals surface area contributed by atoms with Crippen LogP contribution in [0.25, 0.3) is 0 Å². The van der Waals surface area contributed by atoms with E-state index in [0.717, 1.165) is 0 Å². The summed E-state index contributed by atoms with van der Waals surface area (Å²) in [7, 11) is 1.64. The van der Waals surface area contributed by atoms with Crippen molar-refractivity contribution in [3.8, 4) is 0 Å². The molecule has 0 heterocycles. The van der Waals surface area contributed by atoms with Gasteiger partial charge in [-0.1, -0.05) is 29.3 Å². The highest BCUT2D eigenvalue weighted by atomic mass is 35.5. The fourth-order valence-electron chi connectivity index (χ4n) is 2.14. The van der Waals surface area contributed by atoms with E-state index in [1.165, 1.54) is 24.3 Å². The number of anilines is 2. The number of carbonyl (C=O) groups is 2. The first-order chi connectivity index (χ1) is 12.3. The summed E-state index contributed by atoms with van der Waals surface area (Å²) in [6, 6.07) is 9.76. The molecule has 2 amide bonds. The first kappa shape index (κ1) is 20.2. The van der Waals surface area contributed by atoms with E-state index < -0.39 is 6.04 Å². The number of benzene rings is 2. The lowest BCUT2D eigenvalue weighted by Crippen LogP contribution is -2.43. The maximum Gasteiger partial charge on any atom is 0.241 e. The van der Waals surface area contributed by atoms with Crippen molar-refractivity contribution in [1.29, 1.82) is 0 Å². The van der Waals surface area contributed by atoms with Crippen LogP contribution < -0.4 is 10.6 Å². The van der Waals surface area contributed by atoms with E-state index in [1.54, 1.807) is 37.1 Å². The first-order valence-corrected chi connectivity index (χ1v) is 8.54. The van der Waals surface area contributed by atoms with Crippen LogP contribution in [0.15, 0.2) is 42.5 Å². The molecule has 0 saturated heterocycles. The normalized spacial score (nSPS) is 11.9. The molecule has 0 aliphatic carbocycles. The molecule has 0 radical (unpaired) electrons. The Labute approximate surface area is 161 Å². The molecule has 0 fully saturated rings. The minimum Gasteiger partial charge on any atom is -0.325 e. The molecule has 0 aromatic heterocycles. The lowest BCUT2D eigenvalue weighted by Gasteiger charge is -2.23. The molecule has 0 saturated carbocycles. The molecule has 5 nitrogen and oxygen atoms in total. The minimum atomic E-state index is -0.590. The third kappa shape index (κ3) is 5.42. The van der Waals surface area contributed by atoms with Crippen LogP contribution in [-0.4, -0.2) is 36.3 Å². The predicted molar refractivity (Wildman–Crippen MR) is 102 cm³/mol. The van der Waals surface area contributed by atoms with Gasteiger partial charge >= 0.3 is 0 Å². The summed E-state index contributed by atoms with van der Waals surface area (Å²) in [6.45, 7) is 1.62. The zero-order valence-electron chi connectivity index (χ0n) is 14.2. The van der Waals surface area contributed by atoms with Gasteiger partial charge < -0.3 is 10.6 Å². The topological polar surface area (TPSA) is 61.4 Å². The van der Waals surface area contributed by atoms with E-state index in [9.17, 15) is 14.0 Å². The van der Waals surface area contributed by atoms with Gasteiger partial charge in [-0.15, -0.1) is 0 Å². The van der Waals surface area contributed by atoms with Crippen LogP contribution in [0.2, 0.25) is 10.0 Å². The number of carbonyl (C=O) groups excluding carboxylic acids is 2. The van der Waals surface area contributed by atoms with Crippen LogP contribution in [-0.2, 0) is 9.59 Å². The van der Waals surface area contributed by atoms with Gasteiger partial charge in [0, 0.05) is 5.69 Å². The van der Waals surface area contributed by atoms with Gasteiger partial charge in [0.05, 0.1) is 28.3 Å². The van der Waals surface area contributed by atoms with Crippen LogP contribution >= 0.6 is 23.2 Å². The molecule has 0 bridgehead atoms. The summed E-state index contributed by atoms with van der Waals surface area (Å²) >= 11 is 12.0. The van der Waals surface area contributed by atoms with Gasteiger partial charge in [0.25, 0.3) is 0 Å². The Morgan fingerprint density at radius 1 is 1.08 bits per heavy atom. The van der Waals surface area contributed by atoms with E-state index in [4.69, 9.17) is 23.2 Å². The number of halogens is 3. The minimum absolute atomic E-state index is 0.0421. The third-order valence-corrected chi connectivity index (χ3v) is 4.40. The predicted octanol–water partition coefficient (Wildman–Crippen LogP) is 4.03. The number of amides is 2. The fourth-order valence-corrected chi connectivity index (χ4v) is 2.63. The van der Waals surface area contributed by atoms with Gasteiger partial charge in [-0.3, -0.25) is 14.5 Å². The van der Waals surface area contributed by atoms with Crippen molar-refractivity contribution in [3.05, 3.63) is 58.3 Å². The first-order valence-electron chi connectivity index (χ1n) is 7.78. The van der Waals surface area contributed by atoms with Crippen molar-refractivity contribution < 1.29 is 14.0 Å². The largest absolute Gasteiger partial charge is 0.325 e. The Bertz CT molecular complexity index is 779. The molecule has 2 rings (SSSR count). The van der Waals surface area contributed by atoms with Gasteiger partial charge in [0.1, 0.15) is 5.82 Å². The quantitative estimate of drug-likeness (QED) is 0.773. The van der Waals surface area contributed by atoms with Crippen LogP contribution in [0.3, 0.4) is 0 Å². The van der Waals surface area contributed by atoms with Crippen molar-refractivity contribution in [3.63, 3.8) is 0 Å². The lowest BCUT2D eigenvalue weighted by molar-refractivity contribution is -0.122. The molecule has 26 heavy (non-hydrogen) atoms. The Balaban J connectivity index is 1.93. The molecular formula is C18H18Cl2FN3O2. The highest BCUT2D eigenvalue weighted by Gasteiger charge is 2.21. The molecular weight excluding hydrogens is 380 g/mol. The van der Waals surface area contributed by atoms with Crippen LogP contribution in [0.5, 0.6) is 0 Å². The molecule has 0 aliphatic rings. The zero-order chi connectivity index (χ0) is 19.3. The standard InChI is InChI=1S/C18H18Cl2FN3O2/c1-11(18(26)22-13-8-6-12(21)7-9-13)24(2)10-16(25)23-17-14(19)4-3-5-15(17)20/h3-9,11H,10H2,1-2H3,(H,22,26)(H,23,25)/t11-/m1/s1. The van der Waals surface area contributed by atoms with Crippen molar-refractivity contribution >= 4 is 46.4 Å². The summed E-state index contributed by atoms with van der Waals surface area (Å²) < 4.78 is 12.9. The maximum atomic E-state index is 12.9. The Hall–Kier alpha value is -2.15. The highest BCUT2D eigenvalue weighted by molar-refractivity contribution is 6.39. The molecule has 2 N–H and O–H groups in total. The zero-order valence-corrected chi connectivity index (χ0v) is 15.7. The van der Waals surface area contributed by atoms with Gasteiger partial charge in [-0.25, -0.2) is 4.39 Å². The average molecular weight is 398 g/mol. The maximum absolute atomic E-state index is 12.9. The summed E-state index contributed by atoms with van der Waals surface area (Å²) in [5, 5.41) is 5.97. The molecule has 2 aromatic rings. The summed E-state index contributed by atoms with van der Waals surface area (Å²) in [5.41, 5.74) is 0.807. The molecule has 138 valence electrons. The summed E-state index contributed by atoms with van der Waals surface area (Å²) in [6.07, 6.45) is 0. The Morgan fingerprint density at radius 2 is 1.65 bits per heavy atom. The molecule has 0 aliphatic heterocycles. The molecule has 2 aromatic carbocycles. The van der Waals surface area contributed by atoms with E-state index >= 15 is 0 Å². The summed E-state index contributed by atoms with van der Waals surface area (Å²) in [5.74, 6) is -1.06. The molecule has 0 unspecified atom stereocenters. The van der Waals surface area contributed by atoms with Gasteiger partial charge in [-0.05, 0) is 50.4 Å². The molecule has 1 atom stereocenters. The lowest BCUT2D eigenvalue weighted by atomic mass is 10.2. The van der Waals surface area contributed by atoms with Crippen molar-refractivity contribution in [1.82, 2.24) is 4.90 Å². The van der Waals surface area contributed by atoms with Gasteiger partial charge in [-0.2, -0.15) is 0 Å². The van der Waals surface area contributed by atoms with Crippen molar-refractivity contribution in [2.24, 2.45) is 0 Å². The van der Waals surface area contributed by atoms with E-state index in [-0.39, 0.29) is 24.2 Å². The van der Waals surface area contributed by atoms with Crippen LogP contribution in [0.4, 0.5) is 15.8 Å². The van der Waals surface area contributed by atoms with Crippen molar-refractivity contribution in [2.75, 3.05) is 24.2 Å². The van der Waals surface area contributed by atoms with Crippen molar-refractivity contribution in [2.45, 2.75) is 13.0 Å². The number of likely N-dealkylation sites (N-methyl/N-ethyl adjacent to an activating group) is 1. The highest BCUT2D eigenvalue weighted by Crippen LogP contribution is 2.29. The second-order valence-corrected chi connectivity index (χ2v) is 6.55. The van der Waals surface area contributed by atoms with Crippen LogP contribution in [0.1, 0.15) is 6.92 Å². The smallest absolute Gasteiger partial charge is 0.241 e. The number of nitrogens with zero attached hydrogens (tertiary/aromatic N) is 1. The Morgan fingerprint density at radius 3 is 2.23 bits per heavy atom. The Kier molecular flexibility index (Phi) is 6.97. The van der Waals surface area contributed by atoms with E-state index in [0.29, 0.717) is 21.4 Å². The number of hydrogen-bond acceptors (Lipinski definition) is 3. The third-order valence-electron chi connectivity index (χ3n) is 3.77. The van der Waals surface area contributed by atoms with E-state index in [2.05, 4.69) is 10.6 Å². The number of para-hydroxylation sites is 1. The number of nitrogens with one attached hydrogen (secondary N) is 2. The SMILES string of the molecule is C[C@H](C(=O)Nc1ccc(F)cc1)N(C)CC(=O)Nc1c(Cl)cccc1Cl. The molecule has 0 spiro atoms. The number of hydrogen-bond donors (Lipinski definition) is 2. The van der Waals surface area contributed by atoms with Gasteiger partial charge in [0.2, 0.25) is 11.8 Å². The average Bonchev–Trinajstić information content (AvgIpc) is 2.59. The second-order valence-electron chi connectivity index (χ2n) is 5.73.